The number of aliphatic imine (C=N–C) groups is 1. The highest BCUT2D eigenvalue weighted by Gasteiger charge is 2.15. The van der Waals surface area contributed by atoms with Crippen molar-refractivity contribution < 1.29 is 0 Å². The number of halogens is 1. The molecule has 142 valence electrons. The van der Waals surface area contributed by atoms with Gasteiger partial charge in [0.25, 0.3) is 0 Å². The van der Waals surface area contributed by atoms with Crippen molar-refractivity contribution in [2.45, 2.75) is 58.5 Å². The van der Waals surface area contributed by atoms with E-state index < -0.39 is 0 Å². The lowest BCUT2D eigenvalue weighted by Crippen LogP contribution is -2.43. The van der Waals surface area contributed by atoms with E-state index in [-0.39, 0.29) is 24.0 Å². The second kappa shape index (κ2) is 9.94. The second-order valence-corrected chi connectivity index (χ2v) is 6.87. The fourth-order valence-electron chi connectivity index (χ4n) is 3.55. The number of benzene rings is 1. The van der Waals surface area contributed by atoms with Crippen molar-refractivity contribution in [1.29, 1.82) is 0 Å². The molecular weight excluding hydrogens is 437 g/mol. The van der Waals surface area contributed by atoms with E-state index in [0.29, 0.717) is 6.04 Å². The highest BCUT2D eigenvalue weighted by atomic mass is 127. The number of guanidine groups is 1. The van der Waals surface area contributed by atoms with Gasteiger partial charge in [-0.3, -0.25) is 4.99 Å². The topological polar surface area (TPSA) is 54.2 Å². The lowest BCUT2D eigenvalue weighted by molar-refractivity contribution is 0.410. The molecular formula is C20H30IN5. The van der Waals surface area contributed by atoms with Gasteiger partial charge in [0, 0.05) is 25.3 Å². The molecule has 1 aromatic heterocycles. The molecule has 3 rings (SSSR count). The van der Waals surface area contributed by atoms with Crippen LogP contribution in [0.15, 0.2) is 35.3 Å². The minimum Gasteiger partial charge on any atom is -0.354 e. The van der Waals surface area contributed by atoms with Crippen LogP contribution in [-0.4, -0.2) is 28.8 Å². The first-order chi connectivity index (χ1) is 12.2. The third kappa shape index (κ3) is 5.22. The molecule has 0 aliphatic heterocycles. The summed E-state index contributed by atoms with van der Waals surface area (Å²) < 4.78 is 2.02. The Bertz CT molecular complexity index is 732. The molecule has 0 unspecified atom stereocenters. The highest BCUT2D eigenvalue weighted by Crippen LogP contribution is 2.18. The number of para-hydroxylation sites is 1. The molecule has 6 heteroatoms. The van der Waals surface area contributed by atoms with Crippen molar-refractivity contribution in [2.75, 3.05) is 7.05 Å². The maximum Gasteiger partial charge on any atom is 0.191 e. The Morgan fingerprint density at radius 3 is 2.58 bits per heavy atom. The number of rotatable bonds is 4. The van der Waals surface area contributed by atoms with Crippen LogP contribution in [0.4, 0.5) is 0 Å². The molecule has 0 spiro atoms. The molecule has 0 bridgehead atoms. The number of nitrogens with zero attached hydrogens (tertiary/aromatic N) is 3. The molecule has 1 fully saturated rings. The first-order valence-electron chi connectivity index (χ1n) is 9.26. The minimum atomic E-state index is 0. The summed E-state index contributed by atoms with van der Waals surface area (Å²) in [5.74, 6) is 0.884. The van der Waals surface area contributed by atoms with E-state index in [1.54, 1.807) is 0 Å². The van der Waals surface area contributed by atoms with Gasteiger partial charge in [-0.15, -0.1) is 24.0 Å². The first kappa shape index (κ1) is 20.7. The van der Waals surface area contributed by atoms with Crippen LogP contribution in [0, 0.1) is 13.8 Å². The number of aryl methyl sites for hydroxylation is 2. The van der Waals surface area contributed by atoms with Crippen molar-refractivity contribution >= 4 is 29.9 Å². The van der Waals surface area contributed by atoms with E-state index >= 15 is 0 Å². The first-order valence-corrected chi connectivity index (χ1v) is 9.26. The second-order valence-electron chi connectivity index (χ2n) is 6.87. The van der Waals surface area contributed by atoms with E-state index in [1.807, 2.05) is 18.7 Å². The van der Waals surface area contributed by atoms with Gasteiger partial charge in [-0.2, -0.15) is 5.10 Å². The van der Waals surface area contributed by atoms with Gasteiger partial charge in [0.1, 0.15) is 0 Å². The Morgan fingerprint density at radius 2 is 1.92 bits per heavy atom. The summed E-state index contributed by atoms with van der Waals surface area (Å²) in [6, 6.07) is 11.0. The highest BCUT2D eigenvalue weighted by molar-refractivity contribution is 14.0. The van der Waals surface area contributed by atoms with Gasteiger partial charge in [-0.05, 0) is 44.4 Å². The lowest BCUT2D eigenvalue weighted by Gasteiger charge is -2.25. The molecule has 0 amide bonds. The van der Waals surface area contributed by atoms with Gasteiger partial charge in [-0.25, -0.2) is 4.68 Å². The summed E-state index contributed by atoms with van der Waals surface area (Å²) in [6.07, 6.45) is 6.47. The molecule has 5 nitrogen and oxygen atoms in total. The van der Waals surface area contributed by atoms with Gasteiger partial charge in [0.15, 0.2) is 5.96 Å². The van der Waals surface area contributed by atoms with E-state index in [0.717, 1.165) is 29.6 Å². The van der Waals surface area contributed by atoms with Crippen LogP contribution in [-0.2, 0) is 6.54 Å². The Morgan fingerprint density at radius 1 is 1.19 bits per heavy atom. The van der Waals surface area contributed by atoms with Crippen LogP contribution in [0.25, 0.3) is 5.69 Å². The smallest absolute Gasteiger partial charge is 0.191 e. The molecule has 0 atom stereocenters. The van der Waals surface area contributed by atoms with E-state index in [1.165, 1.54) is 37.7 Å². The van der Waals surface area contributed by atoms with Crippen LogP contribution >= 0.6 is 24.0 Å². The zero-order valence-corrected chi connectivity index (χ0v) is 18.3. The summed E-state index contributed by atoms with van der Waals surface area (Å²) in [4.78, 5) is 4.39. The fraction of sp³-hybridized carbons (Fsp3) is 0.500. The summed E-state index contributed by atoms with van der Waals surface area (Å²) >= 11 is 0. The third-order valence-electron chi connectivity index (χ3n) is 4.85. The van der Waals surface area contributed by atoms with Gasteiger partial charge in [-0.1, -0.05) is 37.5 Å². The molecule has 1 aromatic carbocycles. The molecule has 2 N–H and O–H groups in total. The maximum absolute atomic E-state index is 4.63. The molecule has 1 aliphatic rings. The van der Waals surface area contributed by atoms with Crippen molar-refractivity contribution in [3.8, 4) is 5.69 Å². The molecule has 2 aromatic rings. The average molecular weight is 467 g/mol. The van der Waals surface area contributed by atoms with Crippen molar-refractivity contribution in [3.05, 3.63) is 47.3 Å². The zero-order chi connectivity index (χ0) is 17.6. The third-order valence-corrected chi connectivity index (χ3v) is 4.85. The summed E-state index contributed by atoms with van der Waals surface area (Å²) in [7, 11) is 1.84. The standard InChI is InChI=1S/C20H29N5.HI/c1-15-13-16(2)25(24-15)19-12-8-7-9-17(19)14-22-20(21-3)23-18-10-5-4-6-11-18;/h7-9,12-13,18H,4-6,10-11,14H2,1-3H3,(H2,21,22,23);1H. The monoisotopic (exact) mass is 467 g/mol. The van der Waals surface area contributed by atoms with Crippen LogP contribution < -0.4 is 10.6 Å². The van der Waals surface area contributed by atoms with Gasteiger partial charge < -0.3 is 10.6 Å². The minimum absolute atomic E-state index is 0. The predicted octanol–water partition coefficient (Wildman–Crippen LogP) is 4.10. The van der Waals surface area contributed by atoms with Gasteiger partial charge in [0.05, 0.1) is 11.4 Å². The zero-order valence-electron chi connectivity index (χ0n) is 16.0. The molecule has 1 heterocycles. The van der Waals surface area contributed by atoms with Gasteiger partial charge in [0.2, 0.25) is 0 Å². The summed E-state index contributed by atoms with van der Waals surface area (Å²) in [5.41, 5.74) is 4.51. The number of hydrogen-bond donors (Lipinski definition) is 2. The van der Waals surface area contributed by atoms with Crippen LogP contribution in [0.3, 0.4) is 0 Å². The predicted molar refractivity (Wildman–Crippen MR) is 119 cm³/mol. The Balaban J connectivity index is 0.00000243. The van der Waals surface area contributed by atoms with E-state index in [2.05, 4.69) is 58.0 Å². The number of hydrogen-bond acceptors (Lipinski definition) is 2. The van der Waals surface area contributed by atoms with Crippen molar-refractivity contribution in [3.63, 3.8) is 0 Å². The summed E-state index contributed by atoms with van der Waals surface area (Å²) in [5, 5.41) is 11.7. The van der Waals surface area contributed by atoms with E-state index in [9.17, 15) is 0 Å². The van der Waals surface area contributed by atoms with Gasteiger partial charge >= 0.3 is 0 Å². The summed E-state index contributed by atoms with van der Waals surface area (Å²) in [6.45, 7) is 4.84. The van der Waals surface area contributed by atoms with E-state index in [4.69, 9.17) is 0 Å². The molecule has 0 saturated heterocycles. The Labute approximate surface area is 173 Å². The lowest BCUT2D eigenvalue weighted by atomic mass is 9.96. The quantitative estimate of drug-likeness (QED) is 0.405. The van der Waals surface area contributed by atoms with Crippen LogP contribution in [0.1, 0.15) is 49.1 Å². The number of nitrogens with one attached hydrogen (secondary N) is 2. The SMILES string of the molecule is CN=C(NCc1ccccc1-n1nc(C)cc1C)NC1CCCCC1.I. The average Bonchev–Trinajstić information content (AvgIpc) is 2.98. The largest absolute Gasteiger partial charge is 0.354 e. The fourth-order valence-corrected chi connectivity index (χ4v) is 3.55. The molecule has 1 saturated carbocycles. The van der Waals surface area contributed by atoms with Crippen LogP contribution in [0.2, 0.25) is 0 Å². The van der Waals surface area contributed by atoms with Crippen LogP contribution in [0.5, 0.6) is 0 Å². The molecule has 26 heavy (non-hydrogen) atoms. The van der Waals surface area contributed by atoms with Crippen molar-refractivity contribution in [2.24, 2.45) is 4.99 Å². The maximum atomic E-state index is 4.63. The molecule has 0 radical (unpaired) electrons. The van der Waals surface area contributed by atoms with Crippen molar-refractivity contribution in [1.82, 2.24) is 20.4 Å². The number of aromatic nitrogens is 2. The Kier molecular flexibility index (Phi) is 7.93. The normalized spacial score (nSPS) is 15.4. The Hall–Kier alpha value is -1.57. The molecule has 1 aliphatic carbocycles.